The smallest absolute Gasteiger partial charge is 0.229 e. The van der Waals surface area contributed by atoms with Gasteiger partial charge in [-0.15, -0.1) is 0 Å². The van der Waals surface area contributed by atoms with Crippen molar-refractivity contribution in [3.05, 3.63) is 29.3 Å². The first-order valence-corrected chi connectivity index (χ1v) is 6.08. The summed E-state index contributed by atoms with van der Waals surface area (Å²) in [6.45, 7) is -0.593. The summed E-state index contributed by atoms with van der Waals surface area (Å²) in [6, 6.07) is 6.12. The molecule has 0 saturated heterocycles. The minimum Gasteiger partial charge on any atom is -0.462 e. The van der Waals surface area contributed by atoms with Crippen LogP contribution in [0.25, 0.3) is 0 Å². The lowest BCUT2D eigenvalue weighted by atomic mass is 9.64. The van der Waals surface area contributed by atoms with Crippen LogP contribution in [-0.4, -0.2) is 56.2 Å². The number of aliphatic hydroxyl groups excluding tert-OH is 4. The van der Waals surface area contributed by atoms with Crippen LogP contribution in [0.3, 0.4) is 0 Å². The molecule has 1 aliphatic carbocycles. The predicted octanol–water partition coefficient (Wildman–Crippen LogP) is -0.888. The van der Waals surface area contributed by atoms with Gasteiger partial charge in [-0.25, -0.2) is 0 Å². The molecular formula is C12H15ClO6. The average Bonchev–Trinajstić information content (AvgIpc) is 2.38. The number of halogens is 1. The Labute approximate surface area is 114 Å². The van der Waals surface area contributed by atoms with E-state index in [9.17, 15) is 20.4 Å². The van der Waals surface area contributed by atoms with Gasteiger partial charge in [-0.2, -0.15) is 0 Å². The molecule has 0 radical (unpaired) electrons. The normalized spacial score (nSPS) is 35.6. The van der Waals surface area contributed by atoms with Crippen LogP contribution >= 0.6 is 11.6 Å². The molecule has 0 aromatic heterocycles. The number of rotatable bonds is 4. The molecular weight excluding hydrogens is 276 g/mol. The second kappa shape index (κ2) is 5.24. The standard InChI is InChI=1S/C12H15ClO6/c13-6-2-1-3-7(4-6)19-11(17)12(18)8(5-14)9(15)10(12)16/h1-4,8-11,14-18H,5H2. The predicted molar refractivity (Wildman–Crippen MR) is 65.6 cm³/mol. The Hall–Kier alpha value is -0.890. The molecule has 1 aromatic rings. The molecule has 6 nitrogen and oxygen atoms in total. The van der Waals surface area contributed by atoms with Crippen LogP contribution in [0.2, 0.25) is 5.02 Å². The number of hydrogen-bond donors (Lipinski definition) is 5. The van der Waals surface area contributed by atoms with E-state index in [0.29, 0.717) is 5.02 Å². The van der Waals surface area contributed by atoms with Crippen LogP contribution in [0.15, 0.2) is 24.3 Å². The van der Waals surface area contributed by atoms with Crippen molar-refractivity contribution in [3.8, 4) is 5.75 Å². The van der Waals surface area contributed by atoms with E-state index in [4.69, 9.17) is 21.4 Å². The van der Waals surface area contributed by atoms with E-state index in [-0.39, 0.29) is 5.75 Å². The minimum absolute atomic E-state index is 0.193. The molecule has 1 saturated carbocycles. The van der Waals surface area contributed by atoms with E-state index >= 15 is 0 Å². The molecule has 5 unspecified atom stereocenters. The Morgan fingerprint density at radius 3 is 2.63 bits per heavy atom. The van der Waals surface area contributed by atoms with Crippen LogP contribution in [0.4, 0.5) is 0 Å². The monoisotopic (exact) mass is 290 g/mol. The Kier molecular flexibility index (Phi) is 4.00. The summed E-state index contributed by atoms with van der Waals surface area (Å²) in [5.41, 5.74) is -2.13. The van der Waals surface area contributed by atoms with Gasteiger partial charge in [-0.3, -0.25) is 0 Å². The fourth-order valence-electron chi connectivity index (χ4n) is 2.21. The van der Waals surface area contributed by atoms with Gasteiger partial charge in [-0.05, 0) is 18.2 Å². The van der Waals surface area contributed by atoms with E-state index in [2.05, 4.69) is 0 Å². The van der Waals surface area contributed by atoms with Crippen molar-refractivity contribution in [2.75, 3.05) is 6.61 Å². The summed E-state index contributed by atoms with van der Waals surface area (Å²) in [6.07, 6.45) is -4.71. The van der Waals surface area contributed by atoms with Gasteiger partial charge < -0.3 is 30.3 Å². The molecule has 2 rings (SSSR count). The Morgan fingerprint density at radius 1 is 1.37 bits per heavy atom. The van der Waals surface area contributed by atoms with E-state index in [1.165, 1.54) is 12.1 Å². The van der Waals surface area contributed by atoms with Crippen molar-refractivity contribution in [2.45, 2.75) is 24.1 Å². The van der Waals surface area contributed by atoms with Crippen LogP contribution in [0.5, 0.6) is 5.75 Å². The highest BCUT2D eigenvalue weighted by Crippen LogP contribution is 2.42. The number of benzene rings is 1. The molecule has 0 spiro atoms. The molecule has 0 bridgehead atoms. The van der Waals surface area contributed by atoms with Crippen molar-refractivity contribution >= 4 is 11.6 Å². The van der Waals surface area contributed by atoms with Crippen molar-refractivity contribution in [1.29, 1.82) is 0 Å². The molecule has 1 aromatic carbocycles. The highest BCUT2D eigenvalue weighted by atomic mass is 35.5. The SMILES string of the molecule is OCC1C(O)C(O)C1(O)C(O)Oc1cccc(Cl)c1. The Morgan fingerprint density at radius 2 is 2.05 bits per heavy atom. The van der Waals surface area contributed by atoms with E-state index in [1.807, 2.05) is 0 Å². The van der Waals surface area contributed by atoms with Gasteiger partial charge in [0.15, 0.2) is 5.60 Å². The maximum Gasteiger partial charge on any atom is 0.229 e. The lowest BCUT2D eigenvalue weighted by Gasteiger charge is -2.53. The third kappa shape index (κ3) is 2.31. The number of hydrogen-bond acceptors (Lipinski definition) is 6. The van der Waals surface area contributed by atoms with Crippen LogP contribution < -0.4 is 4.74 Å². The van der Waals surface area contributed by atoms with Gasteiger partial charge in [0.1, 0.15) is 11.9 Å². The van der Waals surface area contributed by atoms with Crippen molar-refractivity contribution < 1.29 is 30.3 Å². The van der Waals surface area contributed by atoms with Crippen LogP contribution in [0.1, 0.15) is 0 Å². The topological polar surface area (TPSA) is 110 Å². The molecule has 1 aliphatic rings. The molecule has 1 fully saturated rings. The highest BCUT2D eigenvalue weighted by Gasteiger charge is 2.65. The first-order chi connectivity index (χ1) is 8.91. The van der Waals surface area contributed by atoms with Gasteiger partial charge in [-0.1, -0.05) is 17.7 Å². The largest absolute Gasteiger partial charge is 0.462 e. The van der Waals surface area contributed by atoms with Crippen molar-refractivity contribution in [2.24, 2.45) is 5.92 Å². The van der Waals surface area contributed by atoms with E-state index in [1.54, 1.807) is 12.1 Å². The molecule has 0 amide bonds. The zero-order chi connectivity index (χ0) is 14.2. The summed E-state index contributed by atoms with van der Waals surface area (Å²) in [5.74, 6) is -0.893. The quantitative estimate of drug-likeness (QED) is 0.460. The lowest BCUT2D eigenvalue weighted by molar-refractivity contribution is -0.332. The molecule has 5 atom stereocenters. The van der Waals surface area contributed by atoms with Crippen molar-refractivity contribution in [3.63, 3.8) is 0 Å². The third-order valence-electron chi connectivity index (χ3n) is 3.44. The van der Waals surface area contributed by atoms with Crippen molar-refractivity contribution in [1.82, 2.24) is 0 Å². The van der Waals surface area contributed by atoms with Gasteiger partial charge in [0.25, 0.3) is 0 Å². The first-order valence-electron chi connectivity index (χ1n) is 5.71. The Balaban J connectivity index is 2.13. The van der Waals surface area contributed by atoms with Crippen LogP contribution in [-0.2, 0) is 0 Å². The number of ether oxygens (including phenoxy) is 1. The molecule has 5 N–H and O–H groups in total. The molecule has 7 heteroatoms. The summed E-state index contributed by atoms with van der Waals surface area (Å²) in [5, 5.41) is 48.4. The molecule has 0 heterocycles. The zero-order valence-electron chi connectivity index (χ0n) is 9.85. The van der Waals surface area contributed by atoms with Gasteiger partial charge in [0.05, 0.1) is 12.7 Å². The lowest BCUT2D eigenvalue weighted by Crippen LogP contribution is -2.76. The van der Waals surface area contributed by atoms with Crippen LogP contribution in [0, 0.1) is 5.92 Å². The summed E-state index contributed by atoms with van der Waals surface area (Å²) < 4.78 is 5.09. The first kappa shape index (κ1) is 14.5. The van der Waals surface area contributed by atoms with Gasteiger partial charge in [0.2, 0.25) is 6.29 Å². The molecule has 19 heavy (non-hydrogen) atoms. The fourth-order valence-corrected chi connectivity index (χ4v) is 2.40. The third-order valence-corrected chi connectivity index (χ3v) is 3.67. The van der Waals surface area contributed by atoms with E-state index < -0.39 is 36.6 Å². The highest BCUT2D eigenvalue weighted by molar-refractivity contribution is 6.30. The maximum atomic E-state index is 10.1. The van der Waals surface area contributed by atoms with E-state index in [0.717, 1.165) is 0 Å². The zero-order valence-corrected chi connectivity index (χ0v) is 10.6. The second-order valence-electron chi connectivity index (χ2n) is 4.54. The molecule has 0 aliphatic heterocycles. The number of aliphatic hydroxyl groups is 5. The molecule has 106 valence electrons. The fraction of sp³-hybridized carbons (Fsp3) is 0.500. The summed E-state index contributed by atoms with van der Waals surface area (Å²) in [7, 11) is 0. The second-order valence-corrected chi connectivity index (χ2v) is 4.98. The summed E-state index contributed by atoms with van der Waals surface area (Å²) in [4.78, 5) is 0. The van der Waals surface area contributed by atoms with Gasteiger partial charge in [0, 0.05) is 10.9 Å². The van der Waals surface area contributed by atoms with Gasteiger partial charge >= 0.3 is 0 Å². The summed E-state index contributed by atoms with van der Waals surface area (Å²) >= 11 is 5.74. The Bertz CT molecular complexity index is 456. The maximum absolute atomic E-state index is 10.1. The average molecular weight is 291 g/mol. The minimum atomic E-state index is -2.13.